The Hall–Kier alpha value is -0.850. The number of aromatic amines is 1. The molecule has 1 fully saturated rings. The fourth-order valence-electron chi connectivity index (χ4n) is 1.84. The summed E-state index contributed by atoms with van der Waals surface area (Å²) >= 11 is 0. The van der Waals surface area contributed by atoms with Crippen LogP contribution in [0.5, 0.6) is 0 Å². The van der Waals surface area contributed by atoms with Crippen molar-refractivity contribution in [2.45, 2.75) is 58.0 Å². The van der Waals surface area contributed by atoms with E-state index in [2.05, 4.69) is 42.7 Å². The molecule has 1 atom stereocenters. The average molecular weight is 313 g/mol. The molecule has 0 radical (unpaired) electrons. The summed E-state index contributed by atoms with van der Waals surface area (Å²) < 4.78 is 27.3. The van der Waals surface area contributed by atoms with E-state index in [1.54, 1.807) is 12.3 Å². The predicted octanol–water partition coefficient (Wildman–Crippen LogP) is 2.23. The van der Waals surface area contributed by atoms with E-state index < -0.39 is 10.0 Å². The molecule has 1 aromatic rings. The molecule has 6 heteroatoms. The Morgan fingerprint density at radius 1 is 1.38 bits per heavy atom. The van der Waals surface area contributed by atoms with Crippen LogP contribution in [0.3, 0.4) is 0 Å². The van der Waals surface area contributed by atoms with Crippen molar-refractivity contribution in [3.05, 3.63) is 18.0 Å². The molecule has 1 saturated carbocycles. The molecular weight excluding hydrogens is 286 g/mol. The Kier molecular flexibility index (Phi) is 4.80. The minimum atomic E-state index is -3.43. The highest BCUT2D eigenvalue weighted by molar-refractivity contribution is 7.89. The molecule has 1 heterocycles. The van der Waals surface area contributed by atoms with Gasteiger partial charge in [0, 0.05) is 31.0 Å². The molecule has 0 spiro atoms. The van der Waals surface area contributed by atoms with Crippen molar-refractivity contribution < 1.29 is 8.42 Å². The molecule has 1 aliphatic carbocycles. The van der Waals surface area contributed by atoms with E-state index in [9.17, 15) is 8.42 Å². The lowest BCUT2D eigenvalue weighted by Gasteiger charge is -2.27. The third kappa shape index (κ3) is 4.83. The molecule has 1 aliphatic rings. The molecule has 5 nitrogen and oxygen atoms in total. The van der Waals surface area contributed by atoms with Gasteiger partial charge in [0.2, 0.25) is 10.0 Å². The van der Waals surface area contributed by atoms with E-state index in [4.69, 9.17) is 0 Å². The van der Waals surface area contributed by atoms with Crippen molar-refractivity contribution in [1.82, 2.24) is 15.0 Å². The van der Waals surface area contributed by atoms with Crippen LogP contribution in [0.25, 0.3) is 0 Å². The Balaban J connectivity index is 1.92. The van der Waals surface area contributed by atoms with Gasteiger partial charge in [0.15, 0.2) is 0 Å². The highest BCUT2D eigenvalue weighted by Crippen LogP contribution is 2.25. The SMILES string of the molecule is CC(CNS(=O)(=O)c1c[nH]c(CNC2CC2)c1)C(C)(C)C. The number of H-pyrrole nitrogens is 1. The van der Waals surface area contributed by atoms with Gasteiger partial charge in [-0.2, -0.15) is 0 Å². The van der Waals surface area contributed by atoms with Gasteiger partial charge in [0.25, 0.3) is 0 Å². The van der Waals surface area contributed by atoms with E-state index in [-0.39, 0.29) is 11.3 Å². The van der Waals surface area contributed by atoms with Crippen LogP contribution in [0, 0.1) is 11.3 Å². The van der Waals surface area contributed by atoms with E-state index in [1.807, 2.05) is 0 Å². The molecular formula is C15H27N3O2S. The molecule has 1 aromatic heterocycles. The second-order valence-electron chi connectivity index (χ2n) is 7.13. The monoisotopic (exact) mass is 313 g/mol. The number of aromatic nitrogens is 1. The van der Waals surface area contributed by atoms with Crippen LogP contribution in [0.4, 0.5) is 0 Å². The minimum Gasteiger partial charge on any atom is -0.363 e. The fourth-order valence-corrected chi connectivity index (χ4v) is 2.99. The van der Waals surface area contributed by atoms with Gasteiger partial charge in [-0.05, 0) is 30.2 Å². The first-order valence-corrected chi connectivity index (χ1v) is 9.07. The summed E-state index contributed by atoms with van der Waals surface area (Å²) in [4.78, 5) is 3.35. The summed E-state index contributed by atoms with van der Waals surface area (Å²) in [6.07, 6.45) is 4.00. The number of sulfonamides is 1. The van der Waals surface area contributed by atoms with Crippen LogP contribution in [-0.2, 0) is 16.6 Å². The van der Waals surface area contributed by atoms with Crippen LogP contribution in [-0.4, -0.2) is 26.0 Å². The molecule has 0 saturated heterocycles. The lowest BCUT2D eigenvalue weighted by atomic mass is 9.82. The Bertz CT molecular complexity index is 568. The second kappa shape index (κ2) is 6.10. The molecule has 0 bridgehead atoms. The zero-order chi connectivity index (χ0) is 15.7. The van der Waals surface area contributed by atoms with Crippen molar-refractivity contribution in [2.75, 3.05) is 6.54 Å². The van der Waals surface area contributed by atoms with Crippen molar-refractivity contribution in [1.29, 1.82) is 0 Å². The minimum absolute atomic E-state index is 0.0833. The van der Waals surface area contributed by atoms with Gasteiger partial charge in [-0.3, -0.25) is 0 Å². The molecule has 3 N–H and O–H groups in total. The van der Waals surface area contributed by atoms with Gasteiger partial charge in [-0.1, -0.05) is 27.7 Å². The largest absolute Gasteiger partial charge is 0.363 e. The highest BCUT2D eigenvalue weighted by atomic mass is 32.2. The van der Waals surface area contributed by atoms with Gasteiger partial charge in [0.05, 0.1) is 4.90 Å². The van der Waals surface area contributed by atoms with Gasteiger partial charge in [-0.15, -0.1) is 0 Å². The maximum atomic E-state index is 12.3. The third-order valence-electron chi connectivity index (χ3n) is 4.24. The summed E-state index contributed by atoms with van der Waals surface area (Å²) in [5, 5.41) is 3.36. The van der Waals surface area contributed by atoms with Crippen LogP contribution in [0.15, 0.2) is 17.2 Å². The Morgan fingerprint density at radius 2 is 2.05 bits per heavy atom. The zero-order valence-electron chi connectivity index (χ0n) is 13.4. The molecule has 0 amide bonds. The maximum absolute atomic E-state index is 12.3. The van der Waals surface area contributed by atoms with Crippen molar-refractivity contribution >= 4 is 10.0 Å². The summed E-state index contributed by atoms with van der Waals surface area (Å²) in [6.45, 7) is 9.55. The maximum Gasteiger partial charge on any atom is 0.242 e. The quantitative estimate of drug-likeness (QED) is 0.722. The average Bonchev–Trinajstić information content (AvgIpc) is 3.08. The van der Waals surface area contributed by atoms with E-state index in [1.165, 1.54) is 12.8 Å². The third-order valence-corrected chi connectivity index (χ3v) is 5.65. The molecule has 0 aliphatic heterocycles. The summed E-state index contributed by atoms with van der Waals surface area (Å²) in [5.41, 5.74) is 0.992. The summed E-state index contributed by atoms with van der Waals surface area (Å²) in [5.74, 6) is 0.266. The van der Waals surface area contributed by atoms with Gasteiger partial charge in [0.1, 0.15) is 0 Å². The Morgan fingerprint density at radius 3 is 2.62 bits per heavy atom. The van der Waals surface area contributed by atoms with Crippen LogP contribution >= 0.6 is 0 Å². The zero-order valence-corrected chi connectivity index (χ0v) is 14.2. The molecule has 1 unspecified atom stereocenters. The summed E-state index contributed by atoms with van der Waals surface area (Å²) in [6, 6.07) is 2.32. The molecule has 21 heavy (non-hydrogen) atoms. The van der Waals surface area contributed by atoms with Gasteiger partial charge >= 0.3 is 0 Å². The van der Waals surface area contributed by atoms with Crippen LogP contribution in [0.2, 0.25) is 0 Å². The normalized spacial score (nSPS) is 17.9. The number of hydrogen-bond donors (Lipinski definition) is 3. The van der Waals surface area contributed by atoms with E-state index in [0.717, 1.165) is 5.69 Å². The Labute approximate surface area is 128 Å². The first kappa shape index (κ1) is 16.5. The molecule has 120 valence electrons. The van der Waals surface area contributed by atoms with Crippen molar-refractivity contribution in [3.63, 3.8) is 0 Å². The van der Waals surface area contributed by atoms with E-state index in [0.29, 0.717) is 24.0 Å². The fraction of sp³-hybridized carbons (Fsp3) is 0.733. The summed E-state index contributed by atoms with van der Waals surface area (Å²) in [7, 11) is -3.43. The van der Waals surface area contributed by atoms with Crippen molar-refractivity contribution in [3.8, 4) is 0 Å². The lowest BCUT2D eigenvalue weighted by Crippen LogP contribution is -2.33. The standard InChI is InChI=1S/C15H27N3O2S/c1-11(15(2,3)4)8-18-21(19,20)14-7-13(17-10-14)9-16-12-5-6-12/h7,10-12,16-18H,5-6,8-9H2,1-4H3. The van der Waals surface area contributed by atoms with E-state index >= 15 is 0 Å². The first-order valence-electron chi connectivity index (χ1n) is 7.59. The molecule has 0 aromatic carbocycles. The molecule has 2 rings (SSSR count). The van der Waals surface area contributed by atoms with Crippen LogP contribution in [0.1, 0.15) is 46.2 Å². The predicted molar refractivity (Wildman–Crippen MR) is 84.5 cm³/mol. The lowest BCUT2D eigenvalue weighted by molar-refractivity contribution is 0.263. The smallest absolute Gasteiger partial charge is 0.242 e. The highest BCUT2D eigenvalue weighted by Gasteiger charge is 2.24. The van der Waals surface area contributed by atoms with Crippen molar-refractivity contribution in [2.24, 2.45) is 11.3 Å². The van der Waals surface area contributed by atoms with Gasteiger partial charge in [-0.25, -0.2) is 13.1 Å². The second-order valence-corrected chi connectivity index (χ2v) is 8.90. The van der Waals surface area contributed by atoms with Gasteiger partial charge < -0.3 is 10.3 Å². The number of nitrogens with one attached hydrogen (secondary N) is 3. The van der Waals surface area contributed by atoms with Crippen LogP contribution < -0.4 is 10.0 Å². The topological polar surface area (TPSA) is 74.0 Å². The number of hydrogen-bond acceptors (Lipinski definition) is 3. The first-order chi connectivity index (χ1) is 9.68. The number of rotatable bonds is 7.